The summed E-state index contributed by atoms with van der Waals surface area (Å²) >= 11 is 0. The third-order valence-electron chi connectivity index (χ3n) is 3.99. The summed E-state index contributed by atoms with van der Waals surface area (Å²) in [5, 5.41) is 3.41. The van der Waals surface area contributed by atoms with Crippen molar-refractivity contribution in [2.75, 3.05) is 20.1 Å². The van der Waals surface area contributed by atoms with E-state index in [0.717, 1.165) is 25.2 Å². The van der Waals surface area contributed by atoms with Crippen LogP contribution >= 0.6 is 0 Å². The normalized spacial score (nSPS) is 16.6. The minimum atomic E-state index is 0.0499. The topological polar surface area (TPSA) is 41.0 Å². The Morgan fingerprint density at radius 2 is 1.94 bits per heavy atom. The first kappa shape index (κ1) is 15.1. The second-order valence-electron chi connectivity index (χ2n) is 4.73. The average Bonchev–Trinajstić information content (AvgIpc) is 2.42. The first-order valence-electron chi connectivity index (χ1n) is 6.82. The molecule has 0 fully saturated rings. The van der Waals surface area contributed by atoms with E-state index < -0.39 is 0 Å². The van der Waals surface area contributed by atoms with E-state index in [0.29, 0.717) is 0 Å². The lowest BCUT2D eigenvalue weighted by molar-refractivity contribution is 0.0711. The Hall–Kier alpha value is -1.00. The predicted molar refractivity (Wildman–Crippen MR) is 75.4 cm³/mol. The fraction of sp³-hybridized carbons (Fsp3) is 0.714. The predicted octanol–water partition coefficient (Wildman–Crippen LogP) is 2.25. The van der Waals surface area contributed by atoms with Gasteiger partial charge in [0.05, 0.1) is 17.9 Å². The van der Waals surface area contributed by atoms with Crippen molar-refractivity contribution in [3.05, 3.63) is 24.3 Å². The highest BCUT2D eigenvalue weighted by Crippen LogP contribution is 2.32. The molecule has 0 saturated carbocycles. The van der Waals surface area contributed by atoms with Gasteiger partial charge >= 0.3 is 0 Å². The van der Waals surface area contributed by atoms with Crippen LogP contribution in [0.25, 0.3) is 0 Å². The van der Waals surface area contributed by atoms with Gasteiger partial charge in [-0.1, -0.05) is 20.8 Å². The van der Waals surface area contributed by atoms with Crippen LogP contribution in [0.3, 0.4) is 0 Å². The zero-order valence-electron chi connectivity index (χ0n) is 12.3. The van der Waals surface area contributed by atoms with Crippen LogP contribution in [0.15, 0.2) is 18.6 Å². The van der Waals surface area contributed by atoms with E-state index >= 15 is 0 Å². The molecule has 1 heterocycles. The van der Waals surface area contributed by atoms with Gasteiger partial charge in [0.25, 0.3) is 0 Å². The Morgan fingerprint density at radius 3 is 2.33 bits per heavy atom. The van der Waals surface area contributed by atoms with Crippen LogP contribution in [0.4, 0.5) is 0 Å². The maximum absolute atomic E-state index is 4.46. The molecule has 0 radical (unpaired) electrons. The molecule has 0 saturated heterocycles. The van der Waals surface area contributed by atoms with Crippen molar-refractivity contribution in [2.24, 2.45) is 0 Å². The first-order chi connectivity index (χ1) is 8.63. The van der Waals surface area contributed by atoms with Gasteiger partial charge in [0.2, 0.25) is 0 Å². The smallest absolute Gasteiger partial charge is 0.0774 e. The summed E-state index contributed by atoms with van der Waals surface area (Å²) in [7, 11) is 2.00. The molecule has 0 bridgehead atoms. The third kappa shape index (κ3) is 2.87. The molecule has 4 nitrogen and oxygen atoms in total. The summed E-state index contributed by atoms with van der Waals surface area (Å²) in [6.07, 6.45) is 6.41. The van der Waals surface area contributed by atoms with Gasteiger partial charge in [0.15, 0.2) is 0 Å². The molecule has 2 atom stereocenters. The van der Waals surface area contributed by atoms with E-state index in [4.69, 9.17) is 0 Å². The molecule has 18 heavy (non-hydrogen) atoms. The Labute approximate surface area is 111 Å². The van der Waals surface area contributed by atoms with Gasteiger partial charge < -0.3 is 5.32 Å². The Bertz CT molecular complexity index is 337. The number of hydrogen-bond acceptors (Lipinski definition) is 4. The fourth-order valence-electron chi connectivity index (χ4n) is 2.79. The first-order valence-corrected chi connectivity index (χ1v) is 6.82. The molecule has 1 aromatic heterocycles. The molecule has 0 aromatic carbocycles. The van der Waals surface area contributed by atoms with E-state index in [1.165, 1.54) is 0 Å². The lowest BCUT2D eigenvalue weighted by Gasteiger charge is -2.45. The minimum Gasteiger partial charge on any atom is -0.310 e. The molecule has 1 N–H and O–H groups in total. The van der Waals surface area contributed by atoms with Crippen LogP contribution in [0.1, 0.15) is 45.9 Å². The van der Waals surface area contributed by atoms with Crippen molar-refractivity contribution in [3.8, 4) is 0 Å². The molecule has 102 valence electrons. The average molecular weight is 250 g/mol. The number of nitrogens with zero attached hydrogens (tertiary/aromatic N) is 3. The van der Waals surface area contributed by atoms with Gasteiger partial charge in [-0.05, 0) is 33.5 Å². The van der Waals surface area contributed by atoms with Crippen LogP contribution in [-0.2, 0) is 0 Å². The van der Waals surface area contributed by atoms with Crippen molar-refractivity contribution in [1.82, 2.24) is 20.2 Å². The second-order valence-corrected chi connectivity index (χ2v) is 4.73. The van der Waals surface area contributed by atoms with Crippen molar-refractivity contribution in [1.29, 1.82) is 0 Å². The van der Waals surface area contributed by atoms with Gasteiger partial charge in [0, 0.05) is 17.9 Å². The Morgan fingerprint density at radius 1 is 1.28 bits per heavy atom. The lowest BCUT2D eigenvalue weighted by Crippen LogP contribution is -2.54. The Kier molecular flexibility index (Phi) is 5.69. The van der Waals surface area contributed by atoms with Gasteiger partial charge in [-0.3, -0.25) is 14.9 Å². The molecule has 1 rings (SSSR count). The number of hydrogen-bond donors (Lipinski definition) is 1. The Balaban J connectivity index is 3.11. The standard InChI is InChI=1S/C14H26N4/c1-6-14(4,18(7-2)8-3)13(15-5)12-11-16-9-10-17-12/h9-11,13,15H,6-8H2,1-5H3. The van der Waals surface area contributed by atoms with Gasteiger partial charge in [0.1, 0.15) is 0 Å². The molecule has 0 aliphatic heterocycles. The maximum Gasteiger partial charge on any atom is 0.0774 e. The number of nitrogens with one attached hydrogen (secondary N) is 1. The highest BCUT2D eigenvalue weighted by atomic mass is 15.2. The largest absolute Gasteiger partial charge is 0.310 e. The molecule has 0 spiro atoms. The SMILES string of the molecule is CCN(CC)C(C)(CC)C(NC)c1cnccn1. The summed E-state index contributed by atoms with van der Waals surface area (Å²) in [4.78, 5) is 11.1. The van der Waals surface area contributed by atoms with Crippen LogP contribution in [0.5, 0.6) is 0 Å². The molecule has 0 aliphatic carbocycles. The van der Waals surface area contributed by atoms with E-state index in [9.17, 15) is 0 Å². The zero-order valence-corrected chi connectivity index (χ0v) is 12.3. The van der Waals surface area contributed by atoms with Crippen molar-refractivity contribution in [3.63, 3.8) is 0 Å². The van der Waals surface area contributed by atoms with E-state index in [1.54, 1.807) is 12.4 Å². The quantitative estimate of drug-likeness (QED) is 0.806. The van der Waals surface area contributed by atoms with Crippen LogP contribution < -0.4 is 5.32 Å². The highest BCUT2D eigenvalue weighted by Gasteiger charge is 2.37. The molecule has 2 unspecified atom stereocenters. The minimum absolute atomic E-state index is 0.0499. The van der Waals surface area contributed by atoms with Gasteiger partial charge in [-0.2, -0.15) is 0 Å². The van der Waals surface area contributed by atoms with Gasteiger partial charge in [-0.15, -0.1) is 0 Å². The summed E-state index contributed by atoms with van der Waals surface area (Å²) in [6.45, 7) is 11.0. The molecule has 0 amide bonds. The third-order valence-corrected chi connectivity index (χ3v) is 3.99. The molecular weight excluding hydrogens is 224 g/mol. The highest BCUT2D eigenvalue weighted by molar-refractivity contribution is 5.11. The monoisotopic (exact) mass is 250 g/mol. The van der Waals surface area contributed by atoms with E-state index in [2.05, 4.69) is 47.9 Å². The summed E-state index contributed by atoms with van der Waals surface area (Å²) in [5.41, 5.74) is 1.06. The summed E-state index contributed by atoms with van der Waals surface area (Å²) in [5.74, 6) is 0. The van der Waals surface area contributed by atoms with E-state index in [-0.39, 0.29) is 11.6 Å². The molecular formula is C14H26N4. The van der Waals surface area contributed by atoms with Crippen LogP contribution in [0, 0.1) is 0 Å². The van der Waals surface area contributed by atoms with Crippen LogP contribution in [-0.4, -0.2) is 40.5 Å². The second kappa shape index (κ2) is 6.81. The fourth-order valence-corrected chi connectivity index (χ4v) is 2.79. The number of likely N-dealkylation sites (N-methyl/N-ethyl adjacent to an activating group) is 2. The molecule has 0 aliphatic rings. The maximum atomic E-state index is 4.46. The van der Waals surface area contributed by atoms with E-state index in [1.807, 2.05) is 13.2 Å². The zero-order chi connectivity index (χ0) is 13.6. The van der Waals surface area contributed by atoms with Crippen LogP contribution in [0.2, 0.25) is 0 Å². The van der Waals surface area contributed by atoms with Gasteiger partial charge in [-0.25, -0.2) is 0 Å². The number of aromatic nitrogens is 2. The molecule has 1 aromatic rings. The van der Waals surface area contributed by atoms with Crippen molar-refractivity contribution in [2.45, 2.75) is 45.7 Å². The number of rotatable bonds is 7. The summed E-state index contributed by atoms with van der Waals surface area (Å²) in [6, 6.07) is 0.191. The molecule has 4 heteroatoms. The van der Waals surface area contributed by atoms with Crippen molar-refractivity contribution >= 4 is 0 Å². The van der Waals surface area contributed by atoms with Crippen molar-refractivity contribution < 1.29 is 0 Å². The lowest BCUT2D eigenvalue weighted by atomic mass is 9.85. The summed E-state index contributed by atoms with van der Waals surface area (Å²) < 4.78 is 0.